The molecule has 0 aliphatic carbocycles. The summed E-state index contributed by atoms with van der Waals surface area (Å²) in [5.41, 5.74) is 2.63. The zero-order valence-corrected chi connectivity index (χ0v) is 8.83. The first kappa shape index (κ1) is 9.85. The third-order valence-electron chi connectivity index (χ3n) is 2.04. The number of aryl methyl sites for hydroxylation is 2. The van der Waals surface area contributed by atoms with Gasteiger partial charge in [-0.05, 0) is 30.0 Å². The van der Waals surface area contributed by atoms with Crippen molar-refractivity contribution in [2.75, 3.05) is 0 Å². The number of fused-ring (bicyclic) bond motifs is 1. The fourth-order valence-corrected chi connectivity index (χ4v) is 1.37. The largest absolute Gasteiger partial charge is 0.351 e. The maximum Gasteiger partial charge on any atom is 0.0480 e. The van der Waals surface area contributed by atoms with Crippen molar-refractivity contribution in [1.29, 1.82) is 0 Å². The molecular weight excluding hydrogens is 158 g/mol. The molecule has 0 aliphatic heterocycles. The van der Waals surface area contributed by atoms with Gasteiger partial charge in [0, 0.05) is 18.8 Å². The minimum absolute atomic E-state index is 1.31. The Hall–Kier alpha value is -1.24. The first-order chi connectivity index (χ1) is 6.27. The summed E-state index contributed by atoms with van der Waals surface area (Å²) < 4.78 is 2.14. The maximum atomic E-state index is 2.20. The summed E-state index contributed by atoms with van der Waals surface area (Å²) in [4.78, 5) is 0. The molecule has 1 heterocycles. The van der Waals surface area contributed by atoms with Gasteiger partial charge < -0.3 is 4.57 Å². The minimum atomic E-state index is 1.31. The Bertz CT molecular complexity index is 385. The van der Waals surface area contributed by atoms with Gasteiger partial charge in [-0.15, -0.1) is 0 Å². The molecule has 2 aromatic rings. The first-order valence-electron chi connectivity index (χ1n) is 4.79. The first-order valence-corrected chi connectivity index (χ1v) is 4.79. The van der Waals surface area contributed by atoms with Crippen LogP contribution in [-0.4, -0.2) is 4.57 Å². The molecule has 2 rings (SSSR count). The molecule has 0 amide bonds. The summed E-state index contributed by atoms with van der Waals surface area (Å²) in [6.07, 6.45) is 2.09. The van der Waals surface area contributed by atoms with Gasteiger partial charge in [-0.1, -0.05) is 26.0 Å². The normalized spacial score (nSPS) is 9.54. The summed E-state index contributed by atoms with van der Waals surface area (Å²) in [5, 5.41) is 1.32. The average molecular weight is 175 g/mol. The van der Waals surface area contributed by atoms with Gasteiger partial charge in [0.2, 0.25) is 0 Å². The van der Waals surface area contributed by atoms with Gasteiger partial charge in [-0.3, -0.25) is 0 Å². The Morgan fingerprint density at radius 3 is 2.46 bits per heavy atom. The lowest BCUT2D eigenvalue weighted by atomic mass is 10.2. The molecular formula is C12H17N. The zero-order valence-electron chi connectivity index (χ0n) is 8.83. The van der Waals surface area contributed by atoms with Gasteiger partial charge in [0.1, 0.15) is 0 Å². The van der Waals surface area contributed by atoms with Crippen LogP contribution in [0.15, 0.2) is 30.5 Å². The Kier molecular flexibility index (Phi) is 3.13. The second kappa shape index (κ2) is 4.13. The summed E-state index contributed by atoms with van der Waals surface area (Å²) in [7, 11) is 2.07. The number of aromatic nitrogens is 1. The topological polar surface area (TPSA) is 4.93 Å². The van der Waals surface area contributed by atoms with E-state index in [0.29, 0.717) is 0 Å². The van der Waals surface area contributed by atoms with E-state index in [1.54, 1.807) is 0 Å². The van der Waals surface area contributed by atoms with Crippen molar-refractivity contribution in [3.05, 3.63) is 36.0 Å². The van der Waals surface area contributed by atoms with E-state index in [2.05, 4.69) is 49.0 Å². The van der Waals surface area contributed by atoms with Crippen molar-refractivity contribution in [2.45, 2.75) is 20.8 Å². The molecule has 0 spiro atoms. The van der Waals surface area contributed by atoms with Crippen LogP contribution in [0.2, 0.25) is 0 Å². The third kappa shape index (κ3) is 1.92. The predicted octanol–water partition coefficient (Wildman–Crippen LogP) is 3.51. The van der Waals surface area contributed by atoms with E-state index in [1.807, 2.05) is 13.8 Å². The standard InChI is InChI=1S/C10H11N.C2H6/c1-8-3-4-9-5-6-11(2)10(9)7-8;1-2/h3-7H,1-2H3;1-2H3. The summed E-state index contributed by atoms with van der Waals surface area (Å²) >= 11 is 0. The van der Waals surface area contributed by atoms with Gasteiger partial charge in [-0.2, -0.15) is 0 Å². The summed E-state index contributed by atoms with van der Waals surface area (Å²) in [6.45, 7) is 6.12. The molecule has 1 aromatic carbocycles. The highest BCUT2D eigenvalue weighted by Gasteiger charge is 1.95. The van der Waals surface area contributed by atoms with Crippen molar-refractivity contribution in [3.8, 4) is 0 Å². The van der Waals surface area contributed by atoms with Crippen LogP contribution in [0.4, 0.5) is 0 Å². The van der Waals surface area contributed by atoms with Gasteiger partial charge in [0.15, 0.2) is 0 Å². The Morgan fingerprint density at radius 1 is 1.08 bits per heavy atom. The van der Waals surface area contributed by atoms with Crippen molar-refractivity contribution in [1.82, 2.24) is 4.57 Å². The Morgan fingerprint density at radius 2 is 1.77 bits per heavy atom. The zero-order chi connectivity index (χ0) is 9.84. The smallest absolute Gasteiger partial charge is 0.0480 e. The second-order valence-electron chi connectivity index (χ2n) is 2.99. The van der Waals surface area contributed by atoms with Crippen LogP contribution in [0.5, 0.6) is 0 Å². The fraction of sp³-hybridized carbons (Fsp3) is 0.333. The Labute approximate surface area is 80.0 Å². The van der Waals surface area contributed by atoms with E-state index in [0.717, 1.165) is 0 Å². The molecule has 70 valence electrons. The molecule has 0 fully saturated rings. The highest BCUT2D eigenvalue weighted by molar-refractivity contribution is 5.80. The molecule has 0 atom stereocenters. The molecule has 1 nitrogen and oxygen atoms in total. The number of hydrogen-bond donors (Lipinski definition) is 0. The number of nitrogens with zero attached hydrogens (tertiary/aromatic N) is 1. The molecule has 0 unspecified atom stereocenters. The second-order valence-corrected chi connectivity index (χ2v) is 2.99. The third-order valence-corrected chi connectivity index (χ3v) is 2.04. The molecule has 0 aliphatic rings. The molecule has 0 radical (unpaired) electrons. The number of hydrogen-bond acceptors (Lipinski definition) is 0. The van der Waals surface area contributed by atoms with Gasteiger partial charge >= 0.3 is 0 Å². The minimum Gasteiger partial charge on any atom is -0.351 e. The Balaban J connectivity index is 0.000000396. The predicted molar refractivity (Wildman–Crippen MR) is 59.0 cm³/mol. The lowest BCUT2D eigenvalue weighted by Crippen LogP contribution is -1.83. The van der Waals surface area contributed by atoms with Crippen LogP contribution < -0.4 is 0 Å². The number of benzene rings is 1. The van der Waals surface area contributed by atoms with Crippen LogP contribution in [0.25, 0.3) is 10.9 Å². The molecule has 13 heavy (non-hydrogen) atoms. The van der Waals surface area contributed by atoms with Crippen molar-refractivity contribution in [2.24, 2.45) is 7.05 Å². The van der Waals surface area contributed by atoms with Crippen molar-refractivity contribution < 1.29 is 0 Å². The van der Waals surface area contributed by atoms with Gasteiger partial charge in [0.05, 0.1) is 0 Å². The van der Waals surface area contributed by atoms with Crippen LogP contribution >= 0.6 is 0 Å². The van der Waals surface area contributed by atoms with E-state index in [4.69, 9.17) is 0 Å². The van der Waals surface area contributed by atoms with E-state index < -0.39 is 0 Å². The van der Waals surface area contributed by atoms with Gasteiger partial charge in [-0.25, -0.2) is 0 Å². The quantitative estimate of drug-likeness (QED) is 0.577. The highest BCUT2D eigenvalue weighted by atomic mass is 14.9. The monoisotopic (exact) mass is 175 g/mol. The maximum absolute atomic E-state index is 2.20. The average Bonchev–Trinajstić information content (AvgIpc) is 2.52. The van der Waals surface area contributed by atoms with Gasteiger partial charge in [0.25, 0.3) is 0 Å². The SMILES string of the molecule is CC.Cc1ccc2ccn(C)c2c1. The highest BCUT2D eigenvalue weighted by Crippen LogP contribution is 2.15. The lowest BCUT2D eigenvalue weighted by molar-refractivity contribution is 0.968. The van der Waals surface area contributed by atoms with E-state index >= 15 is 0 Å². The summed E-state index contributed by atoms with van der Waals surface area (Å²) in [6, 6.07) is 8.64. The van der Waals surface area contributed by atoms with E-state index in [9.17, 15) is 0 Å². The fourth-order valence-electron chi connectivity index (χ4n) is 1.37. The van der Waals surface area contributed by atoms with Crippen LogP contribution in [0.1, 0.15) is 19.4 Å². The molecule has 0 bridgehead atoms. The van der Waals surface area contributed by atoms with Crippen LogP contribution in [0, 0.1) is 6.92 Å². The van der Waals surface area contributed by atoms with Crippen molar-refractivity contribution >= 4 is 10.9 Å². The van der Waals surface area contributed by atoms with Crippen molar-refractivity contribution in [3.63, 3.8) is 0 Å². The number of rotatable bonds is 0. The van der Waals surface area contributed by atoms with E-state index in [-0.39, 0.29) is 0 Å². The van der Waals surface area contributed by atoms with Crippen LogP contribution in [-0.2, 0) is 7.05 Å². The summed E-state index contributed by atoms with van der Waals surface area (Å²) in [5.74, 6) is 0. The van der Waals surface area contributed by atoms with Crippen LogP contribution in [0.3, 0.4) is 0 Å². The molecule has 0 saturated heterocycles. The molecule has 0 saturated carbocycles. The molecule has 0 N–H and O–H groups in total. The lowest BCUT2D eigenvalue weighted by Gasteiger charge is -1.96. The van der Waals surface area contributed by atoms with E-state index in [1.165, 1.54) is 16.5 Å². The molecule has 1 heteroatoms. The molecule has 1 aromatic heterocycles.